The normalized spacial score (nSPS) is 11.4. The van der Waals surface area contributed by atoms with Crippen LogP contribution in [-0.4, -0.2) is 5.60 Å². The second kappa shape index (κ2) is 2.88. The van der Waals surface area contributed by atoms with Crippen LogP contribution in [0.5, 0.6) is 0 Å². The lowest BCUT2D eigenvalue weighted by molar-refractivity contribution is 0.0530. The van der Waals surface area contributed by atoms with Crippen molar-refractivity contribution in [3.05, 3.63) is 19.3 Å². The van der Waals surface area contributed by atoms with Crippen LogP contribution in [0, 0.1) is 6.61 Å². The SMILES string of the molecule is C=C[CH]OC(C)(C)C. The van der Waals surface area contributed by atoms with E-state index >= 15 is 0 Å². The quantitative estimate of drug-likeness (QED) is 0.533. The van der Waals surface area contributed by atoms with Gasteiger partial charge in [-0.1, -0.05) is 6.08 Å². The highest BCUT2D eigenvalue weighted by Crippen LogP contribution is 2.07. The number of hydrogen-bond donors (Lipinski definition) is 0. The molecule has 0 spiro atoms. The lowest BCUT2D eigenvalue weighted by atomic mass is 10.2. The fourth-order valence-electron chi connectivity index (χ4n) is 0.252. The Morgan fingerprint density at radius 1 is 1.38 bits per heavy atom. The Morgan fingerprint density at radius 2 is 1.88 bits per heavy atom. The molecule has 1 nitrogen and oxygen atoms in total. The van der Waals surface area contributed by atoms with Gasteiger partial charge in [0.25, 0.3) is 0 Å². The average molecular weight is 113 g/mol. The molecule has 1 heteroatoms. The lowest BCUT2D eigenvalue weighted by Crippen LogP contribution is -2.16. The number of rotatable bonds is 2. The highest BCUT2D eigenvalue weighted by Gasteiger charge is 2.07. The molecule has 0 aliphatic carbocycles. The lowest BCUT2D eigenvalue weighted by Gasteiger charge is -2.16. The van der Waals surface area contributed by atoms with Crippen LogP contribution in [0.15, 0.2) is 12.7 Å². The second-order valence-corrected chi connectivity index (χ2v) is 2.60. The minimum atomic E-state index is -0.0752. The second-order valence-electron chi connectivity index (χ2n) is 2.60. The van der Waals surface area contributed by atoms with Crippen LogP contribution in [-0.2, 0) is 4.74 Å². The van der Waals surface area contributed by atoms with E-state index in [0.29, 0.717) is 0 Å². The molecule has 0 fully saturated rings. The first-order valence-electron chi connectivity index (χ1n) is 2.68. The van der Waals surface area contributed by atoms with Crippen molar-refractivity contribution in [2.45, 2.75) is 26.4 Å². The van der Waals surface area contributed by atoms with Gasteiger partial charge >= 0.3 is 0 Å². The molecular weight excluding hydrogens is 100 g/mol. The van der Waals surface area contributed by atoms with Crippen molar-refractivity contribution in [2.24, 2.45) is 0 Å². The van der Waals surface area contributed by atoms with E-state index in [1.807, 2.05) is 20.8 Å². The Kier molecular flexibility index (Phi) is 2.77. The molecule has 0 atom stereocenters. The van der Waals surface area contributed by atoms with Crippen LogP contribution in [0.3, 0.4) is 0 Å². The van der Waals surface area contributed by atoms with Crippen LogP contribution in [0.25, 0.3) is 0 Å². The number of ether oxygens (including phenoxy) is 1. The van der Waals surface area contributed by atoms with Crippen molar-refractivity contribution in [3.63, 3.8) is 0 Å². The Bertz CT molecular complexity index is 68.9. The molecule has 0 amide bonds. The first-order valence-corrected chi connectivity index (χ1v) is 2.68. The molecule has 47 valence electrons. The molecule has 0 aliphatic rings. The van der Waals surface area contributed by atoms with E-state index in [1.54, 1.807) is 12.7 Å². The molecule has 0 aromatic carbocycles. The molecule has 0 aromatic rings. The third kappa shape index (κ3) is 5.70. The van der Waals surface area contributed by atoms with Crippen LogP contribution < -0.4 is 0 Å². The van der Waals surface area contributed by atoms with Gasteiger partial charge in [-0.15, -0.1) is 6.58 Å². The molecule has 0 unspecified atom stereocenters. The van der Waals surface area contributed by atoms with E-state index in [0.717, 1.165) is 0 Å². The van der Waals surface area contributed by atoms with Crippen molar-refractivity contribution in [1.29, 1.82) is 0 Å². The molecule has 0 N–H and O–H groups in total. The topological polar surface area (TPSA) is 9.23 Å². The van der Waals surface area contributed by atoms with Gasteiger partial charge in [-0.2, -0.15) is 0 Å². The Morgan fingerprint density at radius 3 is 2.00 bits per heavy atom. The highest BCUT2D eigenvalue weighted by atomic mass is 16.5. The zero-order valence-electron chi connectivity index (χ0n) is 5.77. The summed E-state index contributed by atoms with van der Waals surface area (Å²) in [6.07, 6.45) is 1.63. The van der Waals surface area contributed by atoms with Crippen molar-refractivity contribution < 1.29 is 4.74 Å². The largest absolute Gasteiger partial charge is 0.366 e. The summed E-state index contributed by atoms with van der Waals surface area (Å²) in [7, 11) is 0. The molecule has 0 aromatic heterocycles. The fraction of sp³-hybridized carbons (Fsp3) is 0.571. The first kappa shape index (κ1) is 7.70. The van der Waals surface area contributed by atoms with Gasteiger partial charge < -0.3 is 4.74 Å². The summed E-state index contributed by atoms with van der Waals surface area (Å²) in [4.78, 5) is 0. The fourth-order valence-corrected chi connectivity index (χ4v) is 0.252. The van der Waals surface area contributed by atoms with Gasteiger partial charge in [-0.05, 0) is 20.8 Å². The Hall–Kier alpha value is -0.300. The molecule has 0 saturated carbocycles. The Labute approximate surface area is 51.4 Å². The number of hydrogen-bond acceptors (Lipinski definition) is 1. The average Bonchev–Trinajstić information content (AvgIpc) is 1.59. The van der Waals surface area contributed by atoms with E-state index in [2.05, 4.69) is 6.58 Å². The van der Waals surface area contributed by atoms with Gasteiger partial charge in [0, 0.05) is 0 Å². The summed E-state index contributed by atoms with van der Waals surface area (Å²) in [5.74, 6) is 0. The van der Waals surface area contributed by atoms with Gasteiger partial charge in [-0.25, -0.2) is 0 Å². The molecule has 8 heavy (non-hydrogen) atoms. The van der Waals surface area contributed by atoms with Gasteiger partial charge in [0.05, 0.1) is 5.60 Å². The summed E-state index contributed by atoms with van der Waals surface area (Å²) < 4.78 is 5.14. The summed E-state index contributed by atoms with van der Waals surface area (Å²) >= 11 is 0. The molecule has 0 aliphatic heterocycles. The molecule has 1 radical (unpaired) electrons. The highest BCUT2D eigenvalue weighted by molar-refractivity contribution is 4.79. The van der Waals surface area contributed by atoms with Crippen LogP contribution in [0.1, 0.15) is 20.8 Å². The maximum atomic E-state index is 5.14. The zero-order chi connectivity index (χ0) is 6.62. The van der Waals surface area contributed by atoms with E-state index in [4.69, 9.17) is 4.74 Å². The minimum absolute atomic E-state index is 0.0752. The molecule has 0 heterocycles. The predicted molar refractivity (Wildman–Crippen MR) is 35.3 cm³/mol. The summed E-state index contributed by atoms with van der Waals surface area (Å²) in [5, 5.41) is 0. The standard InChI is InChI=1S/C7H13O/c1-5-6-8-7(2,3)4/h5-6H,1H2,2-4H3. The van der Waals surface area contributed by atoms with Crippen molar-refractivity contribution in [2.75, 3.05) is 0 Å². The van der Waals surface area contributed by atoms with Gasteiger partial charge in [0.15, 0.2) is 0 Å². The Balaban J connectivity index is 3.24. The molecule has 0 saturated heterocycles. The van der Waals surface area contributed by atoms with E-state index in [1.165, 1.54) is 0 Å². The van der Waals surface area contributed by atoms with Gasteiger partial charge in [-0.3, -0.25) is 0 Å². The maximum absolute atomic E-state index is 5.14. The van der Waals surface area contributed by atoms with E-state index in [9.17, 15) is 0 Å². The molecule has 0 rings (SSSR count). The summed E-state index contributed by atoms with van der Waals surface area (Å²) in [6.45, 7) is 11.1. The van der Waals surface area contributed by atoms with Crippen LogP contribution >= 0.6 is 0 Å². The van der Waals surface area contributed by atoms with E-state index in [-0.39, 0.29) is 5.60 Å². The predicted octanol–water partition coefficient (Wildman–Crippen LogP) is 2.15. The summed E-state index contributed by atoms with van der Waals surface area (Å²) in [6, 6.07) is 0. The minimum Gasteiger partial charge on any atom is -0.366 e. The van der Waals surface area contributed by atoms with Gasteiger partial charge in [0.2, 0.25) is 0 Å². The van der Waals surface area contributed by atoms with Crippen molar-refractivity contribution in [3.8, 4) is 0 Å². The first-order chi connectivity index (χ1) is 3.56. The van der Waals surface area contributed by atoms with Gasteiger partial charge in [0.1, 0.15) is 6.61 Å². The van der Waals surface area contributed by atoms with Crippen molar-refractivity contribution >= 4 is 0 Å². The van der Waals surface area contributed by atoms with Crippen LogP contribution in [0.2, 0.25) is 0 Å². The van der Waals surface area contributed by atoms with Crippen LogP contribution in [0.4, 0.5) is 0 Å². The maximum Gasteiger partial charge on any atom is 0.106 e. The molecule has 0 bridgehead atoms. The summed E-state index contributed by atoms with van der Waals surface area (Å²) in [5.41, 5.74) is -0.0752. The van der Waals surface area contributed by atoms with E-state index < -0.39 is 0 Å². The smallest absolute Gasteiger partial charge is 0.106 e. The molecular formula is C7H13O. The zero-order valence-corrected chi connectivity index (χ0v) is 5.77. The third-order valence-corrected chi connectivity index (χ3v) is 0.518. The monoisotopic (exact) mass is 113 g/mol. The third-order valence-electron chi connectivity index (χ3n) is 0.518. The van der Waals surface area contributed by atoms with Crippen molar-refractivity contribution in [1.82, 2.24) is 0 Å².